The van der Waals surface area contributed by atoms with Gasteiger partial charge >= 0.3 is 6.43 Å². The van der Waals surface area contributed by atoms with Crippen LogP contribution < -0.4 is 5.32 Å². The monoisotopic (exact) mass is 530 g/mol. The molecule has 0 aliphatic heterocycles. The maximum absolute atomic E-state index is 13.0. The van der Waals surface area contributed by atoms with Crippen molar-refractivity contribution < 1.29 is 23.0 Å². The highest BCUT2D eigenvalue weighted by Gasteiger charge is 2.33. The highest BCUT2D eigenvalue weighted by molar-refractivity contribution is 5.81. The van der Waals surface area contributed by atoms with E-state index in [1.807, 2.05) is 17.6 Å². The van der Waals surface area contributed by atoms with Crippen LogP contribution in [0.3, 0.4) is 0 Å². The molecule has 1 aliphatic carbocycles. The van der Waals surface area contributed by atoms with E-state index in [9.17, 15) is 13.9 Å². The molecule has 4 aromatic rings. The highest BCUT2D eigenvalue weighted by atomic mass is 19.3. The van der Waals surface area contributed by atoms with Crippen LogP contribution in [0.15, 0.2) is 29.1 Å². The zero-order chi connectivity index (χ0) is 27.0. The number of rotatable bonds is 9. The minimum absolute atomic E-state index is 0.0245. The van der Waals surface area contributed by atoms with Gasteiger partial charge in [-0.2, -0.15) is 13.9 Å². The van der Waals surface area contributed by atoms with Crippen LogP contribution in [0, 0.1) is 0 Å². The van der Waals surface area contributed by atoms with E-state index in [0.29, 0.717) is 12.6 Å². The van der Waals surface area contributed by atoms with E-state index in [1.165, 1.54) is 0 Å². The van der Waals surface area contributed by atoms with Crippen molar-refractivity contribution in [3.05, 3.63) is 42.1 Å². The number of halogens is 2. The molecule has 0 amide bonds. The van der Waals surface area contributed by atoms with Crippen LogP contribution >= 0.6 is 0 Å². The molecule has 2 N–H and O–H groups in total. The summed E-state index contributed by atoms with van der Waals surface area (Å²) >= 11 is 0. The van der Waals surface area contributed by atoms with Gasteiger partial charge < -0.3 is 19.6 Å². The van der Waals surface area contributed by atoms with Gasteiger partial charge in [0.05, 0.1) is 30.6 Å². The number of methoxy groups -OCH3 is 1. The molecule has 0 aromatic carbocycles. The van der Waals surface area contributed by atoms with Crippen LogP contribution in [-0.2, 0) is 10.3 Å². The standard InChI is InChI=1S/C25H32F2N8O3/c1-14(13-37-4)30-24-28-11-20-18(9-19(35(20)33-24)15-5-7-17(36)8-6-15)16-10-29-34(12-16)25(2,3)23-32-31-22(38-23)21(26)27/h9-12,14-15,17,21,36H,5-8,13H2,1-4H3,(H,30,33)/t14-,15?,17?/m0/s1. The second-order valence-corrected chi connectivity index (χ2v) is 10.3. The molecule has 0 radical (unpaired) electrons. The molecule has 0 saturated heterocycles. The third-order valence-corrected chi connectivity index (χ3v) is 7.07. The van der Waals surface area contributed by atoms with Crippen LogP contribution in [0.2, 0.25) is 0 Å². The maximum atomic E-state index is 13.0. The van der Waals surface area contributed by atoms with Gasteiger partial charge in [0.1, 0.15) is 5.54 Å². The number of nitrogens with zero attached hydrogens (tertiary/aromatic N) is 7. The van der Waals surface area contributed by atoms with Crippen molar-refractivity contribution in [2.45, 2.75) is 76.5 Å². The second-order valence-electron chi connectivity index (χ2n) is 10.3. The van der Waals surface area contributed by atoms with Gasteiger partial charge in [-0.05, 0) is 52.5 Å². The van der Waals surface area contributed by atoms with E-state index in [-0.39, 0.29) is 24.0 Å². The van der Waals surface area contributed by atoms with Crippen molar-refractivity contribution in [1.29, 1.82) is 0 Å². The number of nitrogens with one attached hydrogen (secondary N) is 1. The topological polar surface area (TPSA) is 128 Å². The largest absolute Gasteiger partial charge is 0.417 e. The Hall–Kier alpha value is -3.45. The molecule has 204 valence electrons. The van der Waals surface area contributed by atoms with Crippen LogP contribution in [0.5, 0.6) is 0 Å². The third kappa shape index (κ3) is 4.99. The van der Waals surface area contributed by atoms with Gasteiger partial charge in [0, 0.05) is 42.1 Å². The van der Waals surface area contributed by atoms with Gasteiger partial charge in [-0.3, -0.25) is 4.68 Å². The Labute approximate surface area is 218 Å². The molecule has 13 heteroatoms. The molecule has 0 bridgehead atoms. The van der Waals surface area contributed by atoms with Gasteiger partial charge in [0.15, 0.2) is 0 Å². The predicted octanol–water partition coefficient (Wildman–Crippen LogP) is 4.16. The van der Waals surface area contributed by atoms with Gasteiger partial charge in [-0.15, -0.1) is 15.3 Å². The van der Waals surface area contributed by atoms with Crippen molar-refractivity contribution in [3.63, 3.8) is 0 Å². The maximum Gasteiger partial charge on any atom is 0.314 e. The summed E-state index contributed by atoms with van der Waals surface area (Å²) in [6, 6.07) is 2.13. The van der Waals surface area contributed by atoms with Crippen molar-refractivity contribution in [3.8, 4) is 11.1 Å². The molecular formula is C25H32F2N8O3. The van der Waals surface area contributed by atoms with E-state index in [0.717, 1.165) is 48.0 Å². The fourth-order valence-electron chi connectivity index (χ4n) is 4.92. The van der Waals surface area contributed by atoms with E-state index in [4.69, 9.17) is 14.3 Å². The molecule has 5 rings (SSSR count). The quantitative estimate of drug-likeness (QED) is 0.328. The van der Waals surface area contributed by atoms with Gasteiger partial charge in [-0.1, -0.05) is 0 Å². The summed E-state index contributed by atoms with van der Waals surface area (Å²) in [5, 5.41) is 29.9. The molecule has 4 heterocycles. The number of alkyl halides is 2. The average molecular weight is 531 g/mol. The summed E-state index contributed by atoms with van der Waals surface area (Å²) in [6.07, 6.45) is 5.40. The first-order chi connectivity index (χ1) is 18.2. The van der Waals surface area contributed by atoms with Crippen LogP contribution in [-0.4, -0.2) is 65.5 Å². The number of ether oxygens (including phenoxy) is 1. The number of hydrogen-bond acceptors (Lipinski definition) is 9. The molecule has 0 unspecified atom stereocenters. The summed E-state index contributed by atoms with van der Waals surface area (Å²) in [5.41, 5.74) is 2.59. The van der Waals surface area contributed by atoms with Crippen LogP contribution in [0.4, 0.5) is 14.7 Å². The van der Waals surface area contributed by atoms with Gasteiger partial charge in [-0.25, -0.2) is 9.50 Å². The van der Waals surface area contributed by atoms with E-state index in [1.54, 1.807) is 38.0 Å². The smallest absolute Gasteiger partial charge is 0.314 e. The number of hydrogen-bond donors (Lipinski definition) is 2. The molecule has 1 atom stereocenters. The van der Waals surface area contributed by atoms with Crippen molar-refractivity contribution >= 4 is 11.5 Å². The van der Waals surface area contributed by atoms with Crippen molar-refractivity contribution in [1.82, 2.24) is 34.6 Å². The lowest BCUT2D eigenvalue weighted by molar-refractivity contribution is 0.109. The molecule has 1 aliphatic rings. The summed E-state index contributed by atoms with van der Waals surface area (Å²) in [5.74, 6) is 0.0400. The Morgan fingerprint density at radius 2 is 1.97 bits per heavy atom. The SMILES string of the molecule is COC[C@H](C)Nc1ncc2c(-c3cnn(C(C)(C)c4nnc(C(F)F)o4)c3)cc(C3CCC(O)CC3)n2n1. The number of aliphatic hydroxyl groups is 1. The molecule has 38 heavy (non-hydrogen) atoms. The molecule has 11 nitrogen and oxygen atoms in total. The van der Waals surface area contributed by atoms with E-state index >= 15 is 0 Å². The minimum Gasteiger partial charge on any atom is -0.417 e. The lowest BCUT2D eigenvalue weighted by Gasteiger charge is -2.25. The Morgan fingerprint density at radius 3 is 2.66 bits per heavy atom. The summed E-state index contributed by atoms with van der Waals surface area (Å²) in [6.45, 7) is 6.04. The second kappa shape index (κ2) is 10.4. The summed E-state index contributed by atoms with van der Waals surface area (Å²) in [4.78, 5) is 4.54. The number of aliphatic hydroxyl groups excluding tert-OH is 1. The van der Waals surface area contributed by atoms with Gasteiger partial charge in [0.25, 0.3) is 5.89 Å². The number of anilines is 1. The van der Waals surface area contributed by atoms with E-state index < -0.39 is 17.9 Å². The summed E-state index contributed by atoms with van der Waals surface area (Å²) < 4.78 is 40.0. The Balaban J connectivity index is 1.53. The fraction of sp³-hybridized carbons (Fsp3) is 0.560. The zero-order valence-electron chi connectivity index (χ0n) is 21.8. The first-order valence-electron chi connectivity index (χ1n) is 12.7. The lowest BCUT2D eigenvalue weighted by atomic mass is 9.85. The van der Waals surface area contributed by atoms with E-state index in [2.05, 4.69) is 31.7 Å². The summed E-state index contributed by atoms with van der Waals surface area (Å²) in [7, 11) is 1.65. The molecule has 1 saturated carbocycles. The molecule has 0 spiro atoms. The Morgan fingerprint density at radius 1 is 1.21 bits per heavy atom. The van der Waals surface area contributed by atoms with Crippen molar-refractivity contribution in [2.75, 3.05) is 19.0 Å². The normalized spacial score (nSPS) is 19.4. The van der Waals surface area contributed by atoms with Crippen LogP contribution in [0.1, 0.15) is 76.3 Å². The van der Waals surface area contributed by atoms with Crippen LogP contribution in [0.25, 0.3) is 16.6 Å². The molecule has 4 aromatic heterocycles. The lowest BCUT2D eigenvalue weighted by Crippen LogP contribution is -2.28. The predicted molar refractivity (Wildman–Crippen MR) is 134 cm³/mol. The number of fused-ring (bicyclic) bond motifs is 1. The van der Waals surface area contributed by atoms with Crippen molar-refractivity contribution in [2.24, 2.45) is 0 Å². The fourth-order valence-corrected chi connectivity index (χ4v) is 4.92. The number of aromatic nitrogens is 7. The average Bonchev–Trinajstić information content (AvgIpc) is 3.63. The third-order valence-electron chi connectivity index (χ3n) is 7.07. The minimum atomic E-state index is -2.84. The first kappa shape index (κ1) is 26.2. The Kier molecular flexibility index (Phi) is 7.14. The molecule has 1 fully saturated rings. The molecular weight excluding hydrogens is 498 g/mol. The first-order valence-corrected chi connectivity index (χ1v) is 12.7. The zero-order valence-corrected chi connectivity index (χ0v) is 21.8. The Bertz CT molecular complexity index is 1390. The van der Waals surface area contributed by atoms with Gasteiger partial charge in [0.2, 0.25) is 11.8 Å². The highest BCUT2D eigenvalue weighted by Crippen LogP contribution is 2.38.